The summed E-state index contributed by atoms with van der Waals surface area (Å²) in [7, 11) is 3.04. The van der Waals surface area contributed by atoms with E-state index in [0.29, 0.717) is 0 Å². The van der Waals surface area contributed by atoms with Crippen molar-refractivity contribution < 1.29 is 14.6 Å². The summed E-state index contributed by atoms with van der Waals surface area (Å²) in [5, 5.41) is 18.2. The molecule has 0 saturated heterocycles. The van der Waals surface area contributed by atoms with Crippen molar-refractivity contribution >= 4 is 15.2 Å². The van der Waals surface area contributed by atoms with E-state index in [1.807, 2.05) is 30.3 Å². The highest BCUT2D eigenvalue weighted by Crippen LogP contribution is 2.59. The fourth-order valence-electron chi connectivity index (χ4n) is 5.09. The molecule has 4 nitrogen and oxygen atoms in total. The molecule has 0 amide bonds. The Hall–Kier alpha value is -2.37. The van der Waals surface area contributed by atoms with Crippen LogP contribution in [0.2, 0.25) is 0 Å². The molecule has 0 aromatic heterocycles. The lowest BCUT2D eigenvalue weighted by molar-refractivity contribution is -0.143. The zero-order chi connectivity index (χ0) is 25.8. The first-order chi connectivity index (χ1) is 15.7. The van der Waals surface area contributed by atoms with Gasteiger partial charge in [0.1, 0.15) is 18.8 Å². The monoisotopic (exact) mass is 481 g/mol. The number of aromatic hydroxyl groups is 1. The summed E-state index contributed by atoms with van der Waals surface area (Å²) < 4.78 is 5.17. The van der Waals surface area contributed by atoms with Crippen molar-refractivity contribution in [2.45, 2.75) is 84.9 Å². The van der Waals surface area contributed by atoms with Crippen molar-refractivity contribution in [3.8, 4) is 11.8 Å². The van der Waals surface area contributed by atoms with Gasteiger partial charge in [-0.1, -0.05) is 84.9 Å². The summed E-state index contributed by atoms with van der Waals surface area (Å²) in [6.07, 6.45) is 1.70. The molecule has 3 atom stereocenters. The van der Waals surface area contributed by atoms with E-state index in [1.165, 1.54) is 11.1 Å². The molecule has 1 N–H and O–H groups in total. The number of ether oxygens (including phenoxy) is 1. The number of carbonyl (C=O) groups excluding carboxylic acids is 1. The van der Waals surface area contributed by atoms with Gasteiger partial charge in [-0.05, 0) is 57.9 Å². The maximum atomic E-state index is 11.5. The third kappa shape index (κ3) is 5.81. The van der Waals surface area contributed by atoms with Gasteiger partial charge in [0.05, 0.1) is 6.07 Å². The fourth-order valence-corrected chi connectivity index (χ4v) is 5.79. The topological polar surface area (TPSA) is 70.3 Å². The SMILES string of the molecule is CCC(C)(c1ccc(COC(=O)CC#N)cc1)C(C)(C)C(C)(C)CC(C)(P)c1ccc(O)cc1. The molecule has 34 heavy (non-hydrogen) atoms. The first-order valence-corrected chi connectivity index (χ1v) is 12.5. The first-order valence-electron chi connectivity index (χ1n) is 11.9. The normalized spacial score (nSPS) is 15.6. The van der Waals surface area contributed by atoms with E-state index in [-0.39, 0.29) is 40.2 Å². The standard InChI is InChI=1S/C29H40NO3P/c1-8-28(6,22-11-9-21(10-12-22)19-33-25(32)17-18-30)27(4,5)26(2,3)20-29(7,34)23-13-15-24(31)16-14-23/h9-16,31H,8,17,19-20,34H2,1-7H3. The maximum absolute atomic E-state index is 11.5. The number of rotatable bonds is 10. The number of nitriles is 1. The van der Waals surface area contributed by atoms with Crippen LogP contribution in [0.4, 0.5) is 0 Å². The number of benzene rings is 2. The number of phenols is 1. The number of hydrogen-bond acceptors (Lipinski definition) is 4. The molecule has 0 bridgehead atoms. The Bertz CT molecular complexity index is 1020. The second-order valence-corrected chi connectivity index (χ2v) is 12.3. The van der Waals surface area contributed by atoms with Gasteiger partial charge in [0, 0.05) is 5.16 Å². The summed E-state index contributed by atoms with van der Waals surface area (Å²) in [4.78, 5) is 11.5. The highest BCUT2D eigenvalue weighted by molar-refractivity contribution is 7.18. The molecule has 3 unspecified atom stereocenters. The van der Waals surface area contributed by atoms with Crippen LogP contribution in [-0.2, 0) is 26.7 Å². The molecular formula is C29H40NO3P. The molecule has 2 aromatic rings. The van der Waals surface area contributed by atoms with Crippen LogP contribution in [0.25, 0.3) is 0 Å². The molecule has 184 valence electrons. The maximum Gasteiger partial charge on any atom is 0.320 e. The smallest absolute Gasteiger partial charge is 0.320 e. The summed E-state index contributed by atoms with van der Waals surface area (Å²) >= 11 is 0. The number of carbonyl (C=O) groups is 1. The van der Waals surface area contributed by atoms with E-state index in [1.54, 1.807) is 12.1 Å². The highest BCUT2D eigenvalue weighted by atomic mass is 31.0. The predicted molar refractivity (Wildman–Crippen MR) is 141 cm³/mol. The van der Waals surface area contributed by atoms with E-state index < -0.39 is 5.97 Å². The van der Waals surface area contributed by atoms with Crippen LogP contribution >= 0.6 is 9.24 Å². The molecule has 2 aromatic carbocycles. The zero-order valence-electron chi connectivity index (χ0n) is 21.7. The van der Waals surface area contributed by atoms with Crippen LogP contribution in [0, 0.1) is 22.2 Å². The van der Waals surface area contributed by atoms with Gasteiger partial charge in [0.15, 0.2) is 0 Å². The van der Waals surface area contributed by atoms with Gasteiger partial charge in [-0.15, -0.1) is 9.24 Å². The van der Waals surface area contributed by atoms with E-state index in [4.69, 9.17) is 10.00 Å². The fraction of sp³-hybridized carbons (Fsp3) is 0.517. The third-order valence-corrected chi connectivity index (χ3v) is 8.87. The van der Waals surface area contributed by atoms with Crippen molar-refractivity contribution in [3.05, 3.63) is 65.2 Å². The minimum absolute atomic E-state index is 0.0301. The van der Waals surface area contributed by atoms with Gasteiger partial charge in [-0.3, -0.25) is 4.79 Å². The Morgan fingerprint density at radius 2 is 1.50 bits per heavy atom. The van der Waals surface area contributed by atoms with E-state index in [2.05, 4.69) is 69.8 Å². The van der Waals surface area contributed by atoms with E-state index >= 15 is 0 Å². The van der Waals surface area contributed by atoms with Crippen LogP contribution in [-0.4, -0.2) is 11.1 Å². The Kier molecular flexibility index (Phi) is 8.60. The van der Waals surface area contributed by atoms with E-state index in [9.17, 15) is 9.90 Å². The highest BCUT2D eigenvalue weighted by Gasteiger charge is 2.51. The predicted octanol–water partition coefficient (Wildman–Crippen LogP) is 7.25. The number of esters is 1. The molecule has 0 saturated carbocycles. The van der Waals surface area contributed by atoms with Gasteiger partial charge in [0.2, 0.25) is 0 Å². The number of phenolic OH excluding ortho intramolecular Hbond substituents is 1. The van der Waals surface area contributed by atoms with Crippen molar-refractivity contribution in [1.29, 1.82) is 5.26 Å². The van der Waals surface area contributed by atoms with Crippen LogP contribution < -0.4 is 0 Å². The lowest BCUT2D eigenvalue weighted by Crippen LogP contribution is -2.50. The average Bonchev–Trinajstić information content (AvgIpc) is 2.77. The quantitative estimate of drug-likeness (QED) is 0.287. The summed E-state index contributed by atoms with van der Waals surface area (Å²) in [5.41, 5.74) is 3.17. The third-order valence-electron chi connectivity index (χ3n) is 8.33. The molecule has 0 radical (unpaired) electrons. The van der Waals surface area contributed by atoms with E-state index in [0.717, 1.165) is 18.4 Å². The van der Waals surface area contributed by atoms with Crippen LogP contribution in [0.3, 0.4) is 0 Å². The Morgan fingerprint density at radius 3 is 2.00 bits per heavy atom. The Morgan fingerprint density at radius 1 is 0.971 bits per heavy atom. The molecule has 0 aliphatic carbocycles. The Balaban J connectivity index is 2.30. The van der Waals surface area contributed by atoms with Gasteiger partial charge < -0.3 is 9.84 Å². The van der Waals surface area contributed by atoms with Gasteiger partial charge in [-0.25, -0.2) is 0 Å². The van der Waals surface area contributed by atoms with Crippen LogP contribution in [0.1, 0.15) is 84.4 Å². The molecule has 0 fully saturated rings. The summed E-state index contributed by atoms with van der Waals surface area (Å²) in [6, 6.07) is 17.7. The molecule has 0 aliphatic heterocycles. The zero-order valence-corrected chi connectivity index (χ0v) is 22.9. The average molecular weight is 482 g/mol. The first kappa shape index (κ1) is 27.9. The van der Waals surface area contributed by atoms with Crippen molar-refractivity contribution in [2.75, 3.05) is 0 Å². The molecular weight excluding hydrogens is 441 g/mol. The molecule has 0 aliphatic rings. The largest absolute Gasteiger partial charge is 0.508 e. The molecule has 2 rings (SSSR count). The van der Waals surface area contributed by atoms with Crippen molar-refractivity contribution in [3.63, 3.8) is 0 Å². The Labute approximate surface area is 207 Å². The minimum atomic E-state index is -0.498. The van der Waals surface area contributed by atoms with Crippen LogP contribution in [0.5, 0.6) is 5.75 Å². The summed E-state index contributed by atoms with van der Waals surface area (Å²) in [6.45, 7) is 16.5. The van der Waals surface area contributed by atoms with Crippen molar-refractivity contribution in [2.24, 2.45) is 10.8 Å². The summed E-state index contributed by atoms with van der Waals surface area (Å²) in [5.74, 6) is -0.215. The van der Waals surface area contributed by atoms with Gasteiger partial charge in [-0.2, -0.15) is 5.26 Å². The van der Waals surface area contributed by atoms with Crippen molar-refractivity contribution in [1.82, 2.24) is 0 Å². The van der Waals surface area contributed by atoms with Gasteiger partial charge in [0.25, 0.3) is 0 Å². The number of hydrogen-bond donors (Lipinski definition) is 1. The second kappa shape index (κ2) is 10.5. The molecule has 5 heteroatoms. The van der Waals surface area contributed by atoms with Crippen LogP contribution in [0.15, 0.2) is 48.5 Å². The lowest BCUT2D eigenvalue weighted by Gasteiger charge is -2.56. The molecule has 0 spiro atoms. The second-order valence-electron chi connectivity index (χ2n) is 11.0. The lowest BCUT2D eigenvalue weighted by atomic mass is 9.49. The molecule has 0 heterocycles. The number of nitrogens with zero attached hydrogens (tertiary/aromatic N) is 1. The van der Waals surface area contributed by atoms with Gasteiger partial charge >= 0.3 is 5.97 Å². The minimum Gasteiger partial charge on any atom is -0.508 e.